The van der Waals surface area contributed by atoms with Gasteiger partial charge in [0.1, 0.15) is 5.75 Å². The van der Waals surface area contributed by atoms with E-state index in [1.165, 1.54) is 12.1 Å². The molecular formula is C27H21F3O3S2. The Morgan fingerprint density at radius 1 is 1.06 bits per heavy atom. The molecule has 0 aliphatic carbocycles. The molecule has 0 atom stereocenters. The highest BCUT2D eigenvalue weighted by atomic mass is 32.2. The molecule has 0 bridgehead atoms. The number of aryl methyl sites for hydroxylation is 1. The fourth-order valence-electron chi connectivity index (χ4n) is 3.55. The number of aliphatic carboxylic acids is 1. The molecule has 0 spiro atoms. The van der Waals surface area contributed by atoms with Crippen LogP contribution in [-0.4, -0.2) is 23.4 Å². The lowest BCUT2D eigenvalue weighted by Gasteiger charge is -2.11. The summed E-state index contributed by atoms with van der Waals surface area (Å²) in [5.41, 5.74) is 1.75. The minimum atomic E-state index is -4.38. The number of carboxylic acids is 1. The molecule has 0 saturated heterocycles. The van der Waals surface area contributed by atoms with Gasteiger partial charge in [-0.15, -0.1) is 23.1 Å². The lowest BCUT2D eigenvalue weighted by Crippen LogP contribution is -2.09. The zero-order valence-electron chi connectivity index (χ0n) is 18.6. The molecule has 4 aromatic rings. The Labute approximate surface area is 208 Å². The highest BCUT2D eigenvalue weighted by Crippen LogP contribution is 2.36. The molecule has 0 saturated carbocycles. The molecule has 1 heterocycles. The first-order valence-corrected chi connectivity index (χ1v) is 12.5. The molecule has 1 aromatic heterocycles. The van der Waals surface area contributed by atoms with Gasteiger partial charge in [0, 0.05) is 20.2 Å². The Bertz CT molecular complexity index is 1340. The van der Waals surface area contributed by atoms with Gasteiger partial charge in [-0.1, -0.05) is 36.4 Å². The molecule has 8 heteroatoms. The fraction of sp³-hybridized carbons (Fsp3) is 0.148. The lowest BCUT2D eigenvalue weighted by atomic mass is 10.0. The van der Waals surface area contributed by atoms with Crippen LogP contribution in [0.1, 0.15) is 21.6 Å². The van der Waals surface area contributed by atoms with E-state index < -0.39 is 24.3 Å². The van der Waals surface area contributed by atoms with Gasteiger partial charge in [0.05, 0.1) is 5.56 Å². The van der Waals surface area contributed by atoms with Crippen LogP contribution >= 0.6 is 23.1 Å². The molecular weight excluding hydrogens is 493 g/mol. The number of rotatable bonds is 8. The first kappa shape index (κ1) is 24.9. The van der Waals surface area contributed by atoms with E-state index in [0.717, 1.165) is 48.7 Å². The third-order valence-electron chi connectivity index (χ3n) is 5.25. The second-order valence-corrected chi connectivity index (χ2v) is 9.94. The third kappa shape index (κ3) is 6.26. The van der Waals surface area contributed by atoms with Gasteiger partial charge in [-0.25, -0.2) is 4.79 Å². The maximum Gasteiger partial charge on any atom is 0.416 e. The summed E-state index contributed by atoms with van der Waals surface area (Å²) in [6, 6.07) is 20.8. The molecule has 3 nitrogen and oxygen atoms in total. The predicted molar refractivity (Wildman–Crippen MR) is 135 cm³/mol. The second kappa shape index (κ2) is 10.6. The van der Waals surface area contributed by atoms with E-state index in [0.29, 0.717) is 11.5 Å². The summed E-state index contributed by atoms with van der Waals surface area (Å²) in [5.74, 6) is 0.0763. The summed E-state index contributed by atoms with van der Waals surface area (Å²) in [6.07, 6.45) is -2.35. The van der Waals surface area contributed by atoms with Crippen LogP contribution < -0.4 is 4.74 Å². The normalized spacial score (nSPS) is 12.2. The monoisotopic (exact) mass is 514 g/mol. The number of thioether (sulfide) groups is 1. The average Bonchev–Trinajstić information content (AvgIpc) is 3.24. The fourth-order valence-corrected chi connectivity index (χ4v) is 5.54. The minimum absolute atomic E-state index is 0.401. The van der Waals surface area contributed by atoms with E-state index >= 15 is 0 Å². The Hall–Kier alpha value is -3.23. The van der Waals surface area contributed by atoms with Crippen molar-refractivity contribution < 1.29 is 27.8 Å². The molecule has 4 rings (SSSR count). The average molecular weight is 515 g/mol. The highest BCUT2D eigenvalue weighted by molar-refractivity contribution is 7.99. The number of thiophene rings is 1. The number of ether oxygens (including phenoxy) is 1. The van der Waals surface area contributed by atoms with Crippen molar-refractivity contribution in [3.05, 3.63) is 100 Å². The van der Waals surface area contributed by atoms with E-state index in [4.69, 9.17) is 9.84 Å². The maximum absolute atomic E-state index is 13.1. The van der Waals surface area contributed by atoms with Crippen LogP contribution in [0.4, 0.5) is 13.2 Å². The van der Waals surface area contributed by atoms with Gasteiger partial charge in [0.2, 0.25) is 0 Å². The van der Waals surface area contributed by atoms with Gasteiger partial charge in [-0.3, -0.25) is 0 Å². The summed E-state index contributed by atoms with van der Waals surface area (Å²) < 4.78 is 45.6. The van der Waals surface area contributed by atoms with Crippen molar-refractivity contribution in [3.8, 4) is 5.75 Å². The van der Waals surface area contributed by atoms with Gasteiger partial charge in [0.25, 0.3) is 0 Å². The zero-order chi connectivity index (χ0) is 25.0. The quantitative estimate of drug-likeness (QED) is 0.243. The van der Waals surface area contributed by atoms with Gasteiger partial charge < -0.3 is 9.84 Å². The zero-order valence-corrected chi connectivity index (χ0v) is 20.3. The second-order valence-electron chi connectivity index (χ2n) is 7.76. The van der Waals surface area contributed by atoms with Crippen LogP contribution in [0.2, 0.25) is 0 Å². The predicted octanol–water partition coefficient (Wildman–Crippen LogP) is 7.92. The number of benzene rings is 3. The number of fused-ring (bicyclic) bond motifs is 1. The molecule has 0 radical (unpaired) electrons. The lowest BCUT2D eigenvalue weighted by molar-refractivity contribution is -0.139. The van der Waals surface area contributed by atoms with Gasteiger partial charge in [-0.05, 0) is 71.5 Å². The Balaban J connectivity index is 1.59. The molecule has 180 valence electrons. The number of alkyl halides is 3. The molecule has 0 unspecified atom stereocenters. The standard InChI is InChI=1S/C27H21F3O3S2/c1-17-14-21(10-11-23(17)33-16-26(31)32)34-13-12-22(18-6-8-20(9-7-18)27(28,29)30)25-15-19-4-2-3-5-24(19)35-25/h2-12,14-15H,13,16H2,1H3,(H,31,32)/b22-12-. The summed E-state index contributed by atoms with van der Waals surface area (Å²) in [7, 11) is 0. The molecule has 0 fully saturated rings. The minimum Gasteiger partial charge on any atom is -0.482 e. The molecule has 3 aromatic carbocycles. The third-order valence-corrected chi connectivity index (χ3v) is 7.32. The van der Waals surface area contributed by atoms with Gasteiger partial charge in [-0.2, -0.15) is 13.2 Å². The molecule has 35 heavy (non-hydrogen) atoms. The summed E-state index contributed by atoms with van der Waals surface area (Å²) >= 11 is 3.18. The van der Waals surface area contributed by atoms with E-state index in [1.54, 1.807) is 29.2 Å². The Morgan fingerprint density at radius 3 is 2.46 bits per heavy atom. The smallest absolute Gasteiger partial charge is 0.416 e. The summed E-state index contributed by atoms with van der Waals surface area (Å²) in [6.45, 7) is 1.45. The van der Waals surface area contributed by atoms with Crippen LogP contribution in [0.5, 0.6) is 5.75 Å². The van der Waals surface area contributed by atoms with Crippen molar-refractivity contribution in [2.45, 2.75) is 18.0 Å². The molecule has 0 aliphatic heterocycles. The van der Waals surface area contributed by atoms with Gasteiger partial charge >= 0.3 is 12.1 Å². The van der Waals surface area contributed by atoms with E-state index in [9.17, 15) is 18.0 Å². The van der Waals surface area contributed by atoms with Crippen LogP contribution in [0.25, 0.3) is 15.7 Å². The number of carbonyl (C=O) groups is 1. The Kier molecular flexibility index (Phi) is 7.52. The molecule has 1 N–H and O–H groups in total. The number of halogens is 3. The molecule has 0 amide bonds. The number of hydrogen-bond donors (Lipinski definition) is 1. The van der Waals surface area contributed by atoms with Crippen molar-refractivity contribution in [2.75, 3.05) is 12.4 Å². The topological polar surface area (TPSA) is 46.5 Å². The van der Waals surface area contributed by atoms with Crippen molar-refractivity contribution in [1.29, 1.82) is 0 Å². The first-order valence-electron chi connectivity index (χ1n) is 10.7. The largest absolute Gasteiger partial charge is 0.482 e. The van der Waals surface area contributed by atoms with Crippen molar-refractivity contribution in [2.24, 2.45) is 0 Å². The van der Waals surface area contributed by atoms with Crippen LogP contribution in [0.3, 0.4) is 0 Å². The summed E-state index contributed by atoms with van der Waals surface area (Å²) in [4.78, 5) is 12.7. The van der Waals surface area contributed by atoms with E-state index in [-0.39, 0.29) is 0 Å². The van der Waals surface area contributed by atoms with Gasteiger partial charge in [0.15, 0.2) is 6.61 Å². The summed E-state index contributed by atoms with van der Waals surface area (Å²) in [5, 5.41) is 9.88. The van der Waals surface area contributed by atoms with Crippen LogP contribution in [-0.2, 0) is 11.0 Å². The molecule has 0 aliphatic rings. The van der Waals surface area contributed by atoms with E-state index in [1.807, 2.05) is 49.4 Å². The first-order chi connectivity index (χ1) is 16.7. The van der Waals surface area contributed by atoms with Crippen molar-refractivity contribution in [1.82, 2.24) is 0 Å². The van der Waals surface area contributed by atoms with Crippen molar-refractivity contribution in [3.63, 3.8) is 0 Å². The van der Waals surface area contributed by atoms with Crippen LogP contribution in [0.15, 0.2) is 83.8 Å². The SMILES string of the molecule is Cc1cc(SC/C=C(/c2ccc(C(F)(F)F)cc2)c2cc3ccccc3s2)ccc1OCC(=O)O. The van der Waals surface area contributed by atoms with Crippen molar-refractivity contribution >= 4 is 44.7 Å². The Morgan fingerprint density at radius 2 is 1.80 bits per heavy atom. The maximum atomic E-state index is 13.1. The number of hydrogen-bond acceptors (Lipinski definition) is 4. The number of carboxylic acid groups (broad SMARTS) is 1. The highest BCUT2D eigenvalue weighted by Gasteiger charge is 2.30. The van der Waals surface area contributed by atoms with Crippen LogP contribution in [0, 0.1) is 6.92 Å². The van der Waals surface area contributed by atoms with E-state index in [2.05, 4.69) is 6.07 Å².